The summed E-state index contributed by atoms with van der Waals surface area (Å²) in [6.07, 6.45) is 48.9. The number of phosphoric ester groups is 2. The summed E-state index contributed by atoms with van der Waals surface area (Å²) in [5, 5.41) is 10.6. The minimum Gasteiger partial charge on any atom is -0.462 e. The molecule has 0 radical (unpaired) electrons. The third kappa shape index (κ3) is 67.3. The van der Waals surface area contributed by atoms with E-state index in [1.54, 1.807) is 0 Å². The number of aliphatic hydroxyl groups is 1. The van der Waals surface area contributed by atoms with Crippen LogP contribution < -0.4 is 0 Å². The molecule has 0 spiro atoms. The first-order valence-electron chi connectivity index (χ1n) is 38.7. The van der Waals surface area contributed by atoms with E-state index < -0.39 is 97.5 Å². The van der Waals surface area contributed by atoms with Crippen LogP contribution in [0.3, 0.4) is 0 Å². The van der Waals surface area contributed by atoms with Gasteiger partial charge in [0.1, 0.15) is 19.3 Å². The highest BCUT2D eigenvalue weighted by atomic mass is 31.2. The number of rotatable bonds is 72. The summed E-state index contributed by atoms with van der Waals surface area (Å²) in [4.78, 5) is 72.7. The van der Waals surface area contributed by atoms with E-state index in [0.717, 1.165) is 114 Å². The van der Waals surface area contributed by atoms with Crippen molar-refractivity contribution in [3.8, 4) is 0 Å². The first kappa shape index (κ1) is 92.1. The normalized spacial score (nSPS) is 14.4. The molecule has 3 unspecified atom stereocenters. The van der Waals surface area contributed by atoms with Crippen LogP contribution in [0.25, 0.3) is 0 Å². The predicted octanol–water partition coefficient (Wildman–Crippen LogP) is 21.7. The predicted molar refractivity (Wildman–Crippen MR) is 381 cm³/mol. The van der Waals surface area contributed by atoms with Crippen LogP contribution in [0.4, 0.5) is 0 Å². The monoisotopic (exact) mass is 1380 g/mol. The number of hydrogen-bond donors (Lipinski definition) is 3. The molecule has 558 valence electrons. The highest BCUT2D eigenvalue weighted by Crippen LogP contribution is 2.45. The molecule has 0 heterocycles. The molecule has 3 N–H and O–H groups in total. The van der Waals surface area contributed by atoms with Gasteiger partial charge in [-0.15, -0.1) is 0 Å². The number of carbonyl (C=O) groups excluding carboxylic acids is 4. The Morgan fingerprint density at radius 1 is 0.298 bits per heavy atom. The number of esters is 4. The molecule has 0 fully saturated rings. The topological polar surface area (TPSA) is 237 Å². The van der Waals surface area contributed by atoms with Crippen molar-refractivity contribution in [1.82, 2.24) is 0 Å². The molecule has 6 atom stereocenters. The van der Waals surface area contributed by atoms with Crippen molar-refractivity contribution >= 4 is 39.5 Å². The number of ether oxygens (including phenoxy) is 4. The zero-order valence-corrected chi connectivity index (χ0v) is 63.4. The molecule has 0 aliphatic carbocycles. The molecule has 0 aromatic carbocycles. The van der Waals surface area contributed by atoms with Gasteiger partial charge in [-0.2, -0.15) is 0 Å². The lowest BCUT2D eigenvalue weighted by atomic mass is 10.00. The summed E-state index contributed by atoms with van der Waals surface area (Å²) in [5.41, 5.74) is 0. The Balaban J connectivity index is 5.20. The van der Waals surface area contributed by atoms with Gasteiger partial charge in [-0.05, 0) is 49.4 Å². The lowest BCUT2D eigenvalue weighted by molar-refractivity contribution is -0.161. The maximum Gasteiger partial charge on any atom is 0.472 e. The number of carbonyl (C=O) groups is 4. The van der Waals surface area contributed by atoms with E-state index in [4.69, 9.17) is 37.0 Å². The van der Waals surface area contributed by atoms with Crippen molar-refractivity contribution in [3.63, 3.8) is 0 Å². The minimum atomic E-state index is -4.96. The van der Waals surface area contributed by atoms with Crippen LogP contribution in [0, 0.1) is 23.7 Å². The van der Waals surface area contributed by atoms with Gasteiger partial charge in [-0.3, -0.25) is 37.3 Å². The SMILES string of the molecule is CCC(C)CCCCCCCCC(=O)OC[C@H](COP(=O)(O)OC[C@H](O)COP(=O)(O)OC[C@@H](COC(=O)CCCCCCCCCCCCCCCCCCC(C)C)OC(=O)CCCCCCCCCCCCCCCC(C)C)OC(=O)CCCCCCCCC(C)C. The first-order chi connectivity index (χ1) is 45.1. The van der Waals surface area contributed by atoms with Crippen LogP contribution in [-0.2, 0) is 65.4 Å². The van der Waals surface area contributed by atoms with Crippen LogP contribution in [0.15, 0.2) is 0 Å². The van der Waals surface area contributed by atoms with Crippen molar-refractivity contribution < 1.29 is 80.2 Å². The van der Waals surface area contributed by atoms with Gasteiger partial charge in [0.15, 0.2) is 12.2 Å². The smallest absolute Gasteiger partial charge is 0.462 e. The quantitative estimate of drug-likeness (QED) is 0.0222. The molecule has 19 heteroatoms. The van der Waals surface area contributed by atoms with Crippen LogP contribution in [0.2, 0.25) is 0 Å². The van der Waals surface area contributed by atoms with Crippen molar-refractivity contribution in [2.45, 2.75) is 395 Å². The number of aliphatic hydroxyl groups excluding tert-OH is 1. The summed E-state index contributed by atoms with van der Waals surface area (Å²) in [7, 11) is -9.91. The molecule has 0 saturated carbocycles. The zero-order valence-electron chi connectivity index (χ0n) is 61.6. The third-order valence-electron chi connectivity index (χ3n) is 17.7. The second-order valence-corrected chi connectivity index (χ2v) is 31.6. The second-order valence-electron chi connectivity index (χ2n) is 28.7. The van der Waals surface area contributed by atoms with Gasteiger partial charge in [0.05, 0.1) is 26.4 Å². The van der Waals surface area contributed by atoms with Gasteiger partial charge in [0.25, 0.3) is 0 Å². The largest absolute Gasteiger partial charge is 0.472 e. The van der Waals surface area contributed by atoms with Crippen LogP contribution in [0.5, 0.6) is 0 Å². The molecular formula is C75H146O17P2. The summed E-state index contributed by atoms with van der Waals surface area (Å²) >= 11 is 0. The molecule has 0 aliphatic heterocycles. The fraction of sp³-hybridized carbons (Fsp3) is 0.947. The van der Waals surface area contributed by atoms with E-state index in [1.165, 1.54) is 173 Å². The number of phosphoric acid groups is 2. The Kier molecular flexibility index (Phi) is 63.1. The van der Waals surface area contributed by atoms with Crippen molar-refractivity contribution in [3.05, 3.63) is 0 Å². The molecule has 94 heavy (non-hydrogen) atoms. The van der Waals surface area contributed by atoms with E-state index in [2.05, 4.69) is 55.4 Å². The maximum atomic E-state index is 13.1. The molecule has 0 aliphatic rings. The average Bonchev–Trinajstić information content (AvgIpc) is 1.53. The second kappa shape index (κ2) is 64.4. The lowest BCUT2D eigenvalue weighted by Gasteiger charge is -2.21. The van der Waals surface area contributed by atoms with Gasteiger partial charge in [-0.25, -0.2) is 9.13 Å². The minimum absolute atomic E-state index is 0.101. The van der Waals surface area contributed by atoms with Crippen LogP contribution in [0.1, 0.15) is 376 Å². The van der Waals surface area contributed by atoms with E-state index in [9.17, 15) is 43.2 Å². The maximum absolute atomic E-state index is 13.1. The first-order valence-corrected chi connectivity index (χ1v) is 41.7. The third-order valence-corrected chi connectivity index (χ3v) is 19.6. The highest BCUT2D eigenvalue weighted by Gasteiger charge is 2.30. The Morgan fingerprint density at radius 3 is 0.755 bits per heavy atom. The summed E-state index contributed by atoms with van der Waals surface area (Å²) < 4.78 is 68.4. The Labute approximate surface area is 575 Å². The van der Waals surface area contributed by atoms with Crippen LogP contribution >= 0.6 is 15.6 Å². The molecule has 0 aromatic rings. The fourth-order valence-electron chi connectivity index (χ4n) is 11.3. The zero-order chi connectivity index (χ0) is 69.6. The fourth-order valence-corrected chi connectivity index (χ4v) is 12.9. The highest BCUT2D eigenvalue weighted by molar-refractivity contribution is 7.47. The van der Waals surface area contributed by atoms with Crippen molar-refractivity contribution in [1.29, 1.82) is 0 Å². The molecule has 0 amide bonds. The standard InChI is InChI=1S/C75H146O17P2/c1-9-68(8)54-46-38-32-34-40-48-56-73(78)86-62-71(92-75(80)58-50-42-33-31-37-45-53-67(6)7)64-90-94(83,84)88-60-69(76)59-87-93(81,82)89-63-70(91-74(79)57-49-41-30-26-22-18-14-16-20-24-28-36-44-52-66(4)5)61-85-72(77)55-47-39-29-25-21-17-13-11-10-12-15-19-23-27-35-43-51-65(2)3/h65-71,76H,9-64H2,1-8H3,(H,81,82)(H,83,84)/t68?,69-,70-,71-/m1/s1. The Morgan fingerprint density at radius 2 is 0.511 bits per heavy atom. The van der Waals surface area contributed by atoms with Crippen molar-refractivity contribution in [2.75, 3.05) is 39.6 Å². The van der Waals surface area contributed by atoms with Crippen LogP contribution in [-0.4, -0.2) is 96.7 Å². The lowest BCUT2D eigenvalue weighted by Crippen LogP contribution is -2.30. The Hall–Kier alpha value is -1.94. The molecule has 0 aromatic heterocycles. The van der Waals surface area contributed by atoms with E-state index >= 15 is 0 Å². The molecular weight excluding hydrogens is 1230 g/mol. The molecule has 0 saturated heterocycles. The van der Waals surface area contributed by atoms with Gasteiger partial charge in [0, 0.05) is 25.7 Å². The summed E-state index contributed by atoms with van der Waals surface area (Å²) in [6, 6.07) is 0. The van der Waals surface area contributed by atoms with Gasteiger partial charge >= 0.3 is 39.5 Å². The van der Waals surface area contributed by atoms with E-state index in [1.807, 2.05) is 0 Å². The van der Waals surface area contributed by atoms with Gasteiger partial charge in [-0.1, -0.05) is 325 Å². The number of hydrogen-bond acceptors (Lipinski definition) is 15. The average molecular weight is 1380 g/mol. The van der Waals surface area contributed by atoms with E-state index in [0.29, 0.717) is 31.6 Å². The number of unbranched alkanes of at least 4 members (excludes halogenated alkanes) is 37. The van der Waals surface area contributed by atoms with E-state index in [-0.39, 0.29) is 25.7 Å². The van der Waals surface area contributed by atoms with Gasteiger partial charge < -0.3 is 33.8 Å². The van der Waals surface area contributed by atoms with Crippen molar-refractivity contribution in [2.24, 2.45) is 23.7 Å². The van der Waals surface area contributed by atoms with Gasteiger partial charge in [0.2, 0.25) is 0 Å². The molecule has 0 rings (SSSR count). The molecule has 0 bridgehead atoms. The molecule has 17 nitrogen and oxygen atoms in total. The summed E-state index contributed by atoms with van der Waals surface area (Å²) in [5.74, 6) is 0.872. The Bertz CT molecular complexity index is 1850. The summed E-state index contributed by atoms with van der Waals surface area (Å²) in [6.45, 7) is 14.1.